The first kappa shape index (κ1) is 18.4. The summed E-state index contributed by atoms with van der Waals surface area (Å²) in [6.07, 6.45) is 4.20. The van der Waals surface area contributed by atoms with Crippen molar-refractivity contribution in [2.24, 2.45) is 5.92 Å². The zero-order valence-corrected chi connectivity index (χ0v) is 16.0. The van der Waals surface area contributed by atoms with Crippen LogP contribution in [0.1, 0.15) is 54.3 Å². The summed E-state index contributed by atoms with van der Waals surface area (Å²) in [6.45, 7) is 9.47. The van der Waals surface area contributed by atoms with Crippen LogP contribution in [-0.2, 0) is 6.42 Å². The zero-order chi connectivity index (χ0) is 18.7. The Morgan fingerprint density at radius 1 is 1.35 bits per heavy atom. The largest absolute Gasteiger partial charge is 0.367 e. The minimum Gasteiger partial charge on any atom is -0.367 e. The first-order valence-electron chi connectivity index (χ1n) is 9.33. The molecule has 3 heterocycles. The van der Waals surface area contributed by atoms with Crippen molar-refractivity contribution in [2.75, 3.05) is 18.4 Å². The number of aromatic nitrogens is 3. The molecule has 26 heavy (non-hydrogen) atoms. The van der Waals surface area contributed by atoms with E-state index in [9.17, 15) is 4.79 Å². The number of hydrogen-bond donors (Lipinski definition) is 1. The van der Waals surface area contributed by atoms with Crippen LogP contribution in [0.15, 0.2) is 16.9 Å². The molecule has 2 unspecified atom stereocenters. The first-order valence-corrected chi connectivity index (χ1v) is 9.33. The molecular formula is C19H27N5O2. The molecule has 0 aliphatic carbocycles. The van der Waals surface area contributed by atoms with Crippen molar-refractivity contribution in [1.82, 2.24) is 20.0 Å². The third-order valence-electron chi connectivity index (χ3n) is 5.05. The third kappa shape index (κ3) is 3.86. The summed E-state index contributed by atoms with van der Waals surface area (Å²) in [5, 5.41) is 7.44. The molecule has 1 N–H and O–H groups in total. The highest BCUT2D eigenvalue weighted by Gasteiger charge is 2.32. The maximum absolute atomic E-state index is 12.7. The molecule has 0 bridgehead atoms. The maximum Gasteiger partial charge on any atom is 0.276 e. The average molecular weight is 357 g/mol. The summed E-state index contributed by atoms with van der Waals surface area (Å²) in [4.78, 5) is 23.6. The fraction of sp³-hybridized carbons (Fsp3) is 0.579. The second-order valence-electron chi connectivity index (χ2n) is 6.97. The number of piperidine rings is 1. The van der Waals surface area contributed by atoms with E-state index in [1.807, 2.05) is 24.8 Å². The Kier molecular flexibility index (Phi) is 5.54. The van der Waals surface area contributed by atoms with Gasteiger partial charge in [0.15, 0.2) is 5.69 Å². The van der Waals surface area contributed by atoms with Crippen molar-refractivity contribution < 1.29 is 9.32 Å². The van der Waals surface area contributed by atoms with Crippen molar-refractivity contribution in [1.29, 1.82) is 0 Å². The van der Waals surface area contributed by atoms with Crippen molar-refractivity contribution in [3.63, 3.8) is 0 Å². The highest BCUT2D eigenvalue weighted by Crippen LogP contribution is 2.25. The average Bonchev–Trinajstić information content (AvgIpc) is 3.06. The molecule has 7 heteroatoms. The SMILES string of the molecule is CCc1nc(C)cc(NC2CCN(C(=O)c3nocc3C)CC2CC)n1. The number of nitrogens with one attached hydrogen (secondary N) is 1. The summed E-state index contributed by atoms with van der Waals surface area (Å²) in [7, 11) is 0. The number of carbonyl (C=O) groups excluding carboxylic acids is 1. The monoisotopic (exact) mass is 357 g/mol. The molecule has 1 amide bonds. The van der Waals surface area contributed by atoms with E-state index in [1.165, 1.54) is 6.26 Å². The molecule has 1 saturated heterocycles. The number of rotatable bonds is 5. The highest BCUT2D eigenvalue weighted by molar-refractivity contribution is 5.93. The van der Waals surface area contributed by atoms with Crippen molar-refractivity contribution >= 4 is 11.7 Å². The normalized spacial score (nSPS) is 20.2. The van der Waals surface area contributed by atoms with Crippen molar-refractivity contribution in [3.8, 4) is 0 Å². The summed E-state index contributed by atoms with van der Waals surface area (Å²) in [5.74, 6) is 2.05. The number of nitrogens with zero attached hydrogens (tertiary/aromatic N) is 4. The van der Waals surface area contributed by atoms with Gasteiger partial charge in [0, 0.05) is 42.9 Å². The van der Waals surface area contributed by atoms with Crippen LogP contribution in [0, 0.1) is 19.8 Å². The van der Waals surface area contributed by atoms with Crippen molar-refractivity contribution in [2.45, 2.75) is 53.0 Å². The molecule has 0 spiro atoms. The molecule has 0 aromatic carbocycles. The summed E-state index contributed by atoms with van der Waals surface area (Å²) >= 11 is 0. The van der Waals surface area contributed by atoms with Gasteiger partial charge < -0.3 is 14.7 Å². The van der Waals surface area contributed by atoms with Crippen LogP contribution in [0.4, 0.5) is 5.82 Å². The molecule has 140 valence electrons. The Bertz CT molecular complexity index is 773. The molecule has 7 nitrogen and oxygen atoms in total. The molecule has 3 rings (SSSR count). The molecule has 1 aliphatic rings. The van der Waals surface area contributed by atoms with Crippen LogP contribution < -0.4 is 5.32 Å². The second-order valence-corrected chi connectivity index (χ2v) is 6.97. The van der Waals surface area contributed by atoms with E-state index >= 15 is 0 Å². The van der Waals surface area contributed by atoms with Gasteiger partial charge in [0.25, 0.3) is 5.91 Å². The minimum absolute atomic E-state index is 0.0423. The standard InChI is InChI=1S/C19H27N5O2/c1-5-14-10-24(19(25)18-12(3)11-26-23-18)8-7-15(14)21-17-9-13(4)20-16(6-2)22-17/h9,11,14-15H,5-8,10H2,1-4H3,(H,20,21,22). The summed E-state index contributed by atoms with van der Waals surface area (Å²) < 4.78 is 4.92. The van der Waals surface area contributed by atoms with Crippen LogP contribution in [0.2, 0.25) is 0 Å². The maximum atomic E-state index is 12.7. The lowest BCUT2D eigenvalue weighted by atomic mass is 9.89. The zero-order valence-electron chi connectivity index (χ0n) is 16.0. The van der Waals surface area contributed by atoms with Gasteiger partial charge in [-0.25, -0.2) is 9.97 Å². The Morgan fingerprint density at radius 3 is 2.81 bits per heavy atom. The smallest absolute Gasteiger partial charge is 0.276 e. The lowest BCUT2D eigenvalue weighted by molar-refractivity contribution is 0.0647. The molecule has 2 aromatic rings. The predicted octanol–water partition coefficient (Wildman–Crippen LogP) is 3.00. The number of hydrogen-bond acceptors (Lipinski definition) is 6. The van der Waals surface area contributed by atoms with Crippen LogP contribution in [-0.4, -0.2) is 45.1 Å². The summed E-state index contributed by atoms with van der Waals surface area (Å²) in [6, 6.07) is 2.28. The topological polar surface area (TPSA) is 84.2 Å². The van der Waals surface area contributed by atoms with E-state index in [1.54, 1.807) is 0 Å². The number of anilines is 1. The number of amides is 1. The van der Waals surface area contributed by atoms with Gasteiger partial charge in [0.1, 0.15) is 17.9 Å². The minimum atomic E-state index is -0.0423. The molecule has 0 radical (unpaired) electrons. The van der Waals surface area contributed by atoms with Gasteiger partial charge in [-0.15, -0.1) is 0 Å². The van der Waals surface area contributed by atoms with E-state index in [2.05, 4.69) is 34.3 Å². The lowest BCUT2D eigenvalue weighted by Gasteiger charge is -2.38. The van der Waals surface area contributed by atoms with E-state index in [0.29, 0.717) is 30.7 Å². The molecular weight excluding hydrogens is 330 g/mol. The highest BCUT2D eigenvalue weighted by atomic mass is 16.5. The van der Waals surface area contributed by atoms with Gasteiger partial charge in [-0.2, -0.15) is 0 Å². The van der Waals surface area contributed by atoms with Gasteiger partial charge in [-0.3, -0.25) is 4.79 Å². The third-order valence-corrected chi connectivity index (χ3v) is 5.05. The predicted molar refractivity (Wildman–Crippen MR) is 99.1 cm³/mol. The molecule has 0 saturated carbocycles. The Hall–Kier alpha value is -2.44. The van der Waals surface area contributed by atoms with E-state index in [4.69, 9.17) is 4.52 Å². The van der Waals surface area contributed by atoms with E-state index < -0.39 is 0 Å². The van der Waals surface area contributed by atoms with Crippen molar-refractivity contribution in [3.05, 3.63) is 35.1 Å². The van der Waals surface area contributed by atoms with E-state index in [0.717, 1.165) is 42.2 Å². The van der Waals surface area contributed by atoms with Crippen LogP contribution in [0.3, 0.4) is 0 Å². The Labute approximate surface area is 154 Å². The molecule has 1 fully saturated rings. The Balaban J connectivity index is 1.69. The quantitative estimate of drug-likeness (QED) is 0.885. The molecule has 2 atom stereocenters. The van der Waals surface area contributed by atoms with E-state index in [-0.39, 0.29) is 5.91 Å². The van der Waals surface area contributed by atoms with Gasteiger partial charge in [-0.1, -0.05) is 19.0 Å². The Morgan fingerprint density at radius 2 is 2.15 bits per heavy atom. The van der Waals surface area contributed by atoms with Crippen LogP contribution in [0.25, 0.3) is 0 Å². The van der Waals surface area contributed by atoms with Gasteiger partial charge in [-0.05, 0) is 32.6 Å². The number of aryl methyl sites for hydroxylation is 3. The summed E-state index contributed by atoms with van der Waals surface area (Å²) in [5.41, 5.74) is 2.18. The lowest BCUT2D eigenvalue weighted by Crippen LogP contribution is -2.48. The van der Waals surface area contributed by atoms with Gasteiger partial charge in [0.05, 0.1) is 0 Å². The first-order chi connectivity index (χ1) is 12.5. The molecule has 1 aliphatic heterocycles. The fourth-order valence-corrected chi connectivity index (χ4v) is 3.52. The second kappa shape index (κ2) is 7.85. The number of carbonyl (C=O) groups is 1. The van der Waals surface area contributed by atoms with Crippen LogP contribution in [0.5, 0.6) is 0 Å². The fourth-order valence-electron chi connectivity index (χ4n) is 3.52. The number of likely N-dealkylation sites (tertiary alicyclic amines) is 1. The molecule has 2 aromatic heterocycles. The van der Waals surface area contributed by atoms with Gasteiger partial charge in [0.2, 0.25) is 0 Å². The van der Waals surface area contributed by atoms with Crippen LogP contribution >= 0.6 is 0 Å². The van der Waals surface area contributed by atoms with Gasteiger partial charge >= 0.3 is 0 Å².